The molecule has 0 bridgehead atoms. The normalized spacial score (nSPS) is 10.3. The molecule has 1 aromatic carbocycles. The predicted molar refractivity (Wildman–Crippen MR) is 72.8 cm³/mol. The predicted octanol–water partition coefficient (Wildman–Crippen LogP) is 2.10. The molecule has 0 aliphatic carbocycles. The Balaban J connectivity index is 1.83. The zero-order chi connectivity index (χ0) is 12.8. The highest BCUT2D eigenvalue weighted by Gasteiger charge is 2.04. The largest absolute Gasteiger partial charge is 0.352 e. The van der Waals surface area contributed by atoms with Gasteiger partial charge >= 0.3 is 0 Å². The molecule has 18 heavy (non-hydrogen) atoms. The molecule has 5 heteroatoms. The molecule has 0 aliphatic rings. The maximum absolute atomic E-state index is 11.8. The number of imidazole rings is 1. The Morgan fingerprint density at radius 1 is 1.39 bits per heavy atom. The molecule has 0 saturated heterocycles. The lowest BCUT2D eigenvalue weighted by atomic mass is 10.2. The third-order valence-corrected chi connectivity index (χ3v) is 3.33. The van der Waals surface area contributed by atoms with Crippen LogP contribution < -0.4 is 5.32 Å². The molecule has 94 valence electrons. The van der Waals surface area contributed by atoms with Crippen LogP contribution in [0, 0.1) is 0 Å². The molecule has 1 amide bonds. The number of aromatic amines is 1. The number of nitrogens with one attached hydrogen (secondary N) is 2. The van der Waals surface area contributed by atoms with Crippen LogP contribution in [0.25, 0.3) is 0 Å². The van der Waals surface area contributed by atoms with Gasteiger partial charge in [-0.2, -0.15) is 0 Å². The van der Waals surface area contributed by atoms with Crippen LogP contribution in [-0.4, -0.2) is 28.7 Å². The highest BCUT2D eigenvalue weighted by atomic mass is 32.2. The average Bonchev–Trinajstić information content (AvgIpc) is 2.92. The summed E-state index contributed by atoms with van der Waals surface area (Å²) in [5.74, 6) is -0.0397. The first-order valence-electron chi connectivity index (χ1n) is 5.69. The molecule has 4 nitrogen and oxygen atoms in total. The third-order valence-electron chi connectivity index (χ3n) is 2.59. The van der Waals surface area contributed by atoms with Crippen molar-refractivity contribution >= 4 is 17.7 Å². The van der Waals surface area contributed by atoms with Gasteiger partial charge in [0.15, 0.2) is 0 Å². The summed E-state index contributed by atoms with van der Waals surface area (Å²) in [7, 11) is 0. The molecular formula is C13H15N3OS. The average molecular weight is 261 g/mol. The molecular weight excluding hydrogens is 246 g/mol. The fraction of sp³-hybridized carbons (Fsp3) is 0.231. The molecule has 1 heterocycles. The van der Waals surface area contributed by atoms with Gasteiger partial charge in [0.05, 0.1) is 6.33 Å². The lowest BCUT2D eigenvalue weighted by Gasteiger charge is -2.04. The van der Waals surface area contributed by atoms with E-state index in [0.29, 0.717) is 12.1 Å². The van der Waals surface area contributed by atoms with Gasteiger partial charge in [-0.15, -0.1) is 11.8 Å². The Morgan fingerprint density at radius 3 is 2.78 bits per heavy atom. The molecule has 0 atom stereocenters. The Hall–Kier alpha value is -1.75. The topological polar surface area (TPSA) is 57.8 Å². The first-order chi connectivity index (χ1) is 8.79. The smallest absolute Gasteiger partial charge is 0.251 e. The lowest BCUT2D eigenvalue weighted by Crippen LogP contribution is -2.25. The first kappa shape index (κ1) is 12.7. The van der Waals surface area contributed by atoms with Crippen LogP contribution in [-0.2, 0) is 6.42 Å². The van der Waals surface area contributed by atoms with Crippen molar-refractivity contribution < 1.29 is 4.79 Å². The van der Waals surface area contributed by atoms with Gasteiger partial charge in [-0.3, -0.25) is 4.79 Å². The van der Waals surface area contributed by atoms with Crippen molar-refractivity contribution in [3.63, 3.8) is 0 Å². The van der Waals surface area contributed by atoms with Crippen LogP contribution in [0.1, 0.15) is 16.1 Å². The van der Waals surface area contributed by atoms with E-state index in [4.69, 9.17) is 0 Å². The summed E-state index contributed by atoms with van der Waals surface area (Å²) in [6.07, 6.45) is 6.17. The molecule has 0 radical (unpaired) electrons. The molecule has 2 N–H and O–H groups in total. The Labute approximate surface area is 110 Å². The fourth-order valence-electron chi connectivity index (χ4n) is 1.58. The number of rotatable bonds is 5. The lowest BCUT2D eigenvalue weighted by molar-refractivity contribution is 0.0954. The molecule has 2 aromatic rings. The van der Waals surface area contributed by atoms with Crippen molar-refractivity contribution in [2.45, 2.75) is 11.3 Å². The second-order valence-corrected chi connectivity index (χ2v) is 4.69. The van der Waals surface area contributed by atoms with Crippen molar-refractivity contribution in [3.05, 3.63) is 48.0 Å². The fourth-order valence-corrected chi connectivity index (χ4v) is 1.98. The number of hydrogen-bond donors (Lipinski definition) is 2. The SMILES string of the molecule is CSc1ccc(C(=O)NCCc2cnc[nH]2)cc1. The standard InChI is InChI=1S/C13H15N3OS/c1-18-12-4-2-10(3-5-12)13(17)15-7-6-11-8-14-9-16-11/h2-5,8-9H,6-7H2,1H3,(H,14,16)(H,15,17). The minimum Gasteiger partial charge on any atom is -0.352 e. The van der Waals surface area contributed by atoms with E-state index in [-0.39, 0.29) is 5.91 Å². The van der Waals surface area contributed by atoms with Gasteiger partial charge in [0, 0.05) is 35.3 Å². The summed E-state index contributed by atoms with van der Waals surface area (Å²) < 4.78 is 0. The van der Waals surface area contributed by atoms with Crippen LogP contribution in [0.4, 0.5) is 0 Å². The number of thioether (sulfide) groups is 1. The number of aromatic nitrogens is 2. The van der Waals surface area contributed by atoms with Crippen molar-refractivity contribution in [2.24, 2.45) is 0 Å². The van der Waals surface area contributed by atoms with Crippen molar-refractivity contribution in [3.8, 4) is 0 Å². The van der Waals surface area contributed by atoms with E-state index in [1.165, 1.54) is 0 Å². The molecule has 1 aromatic heterocycles. The Morgan fingerprint density at radius 2 is 2.17 bits per heavy atom. The Bertz CT molecular complexity index is 493. The maximum Gasteiger partial charge on any atom is 0.251 e. The number of carbonyl (C=O) groups excluding carboxylic acids is 1. The highest BCUT2D eigenvalue weighted by molar-refractivity contribution is 7.98. The van der Waals surface area contributed by atoms with Crippen molar-refractivity contribution in [2.75, 3.05) is 12.8 Å². The summed E-state index contributed by atoms with van der Waals surface area (Å²) in [6.45, 7) is 0.602. The molecule has 0 fully saturated rings. The van der Waals surface area contributed by atoms with E-state index in [0.717, 1.165) is 17.0 Å². The van der Waals surface area contributed by atoms with E-state index in [9.17, 15) is 4.79 Å². The van der Waals surface area contributed by atoms with Crippen molar-refractivity contribution in [1.82, 2.24) is 15.3 Å². The number of nitrogens with zero attached hydrogens (tertiary/aromatic N) is 1. The minimum absolute atomic E-state index is 0.0397. The second-order valence-electron chi connectivity index (χ2n) is 3.81. The molecule has 0 saturated carbocycles. The summed E-state index contributed by atoms with van der Waals surface area (Å²) in [5, 5.41) is 2.88. The molecule has 0 unspecified atom stereocenters. The summed E-state index contributed by atoms with van der Waals surface area (Å²) in [6, 6.07) is 7.59. The molecule has 0 spiro atoms. The van der Waals surface area contributed by atoms with E-state index >= 15 is 0 Å². The van der Waals surface area contributed by atoms with Gasteiger partial charge in [-0.1, -0.05) is 0 Å². The number of carbonyl (C=O) groups is 1. The number of benzene rings is 1. The monoisotopic (exact) mass is 261 g/mol. The van der Waals surface area contributed by atoms with E-state index in [1.54, 1.807) is 24.3 Å². The summed E-state index contributed by atoms with van der Waals surface area (Å²) >= 11 is 1.66. The van der Waals surface area contributed by atoms with Crippen molar-refractivity contribution in [1.29, 1.82) is 0 Å². The zero-order valence-electron chi connectivity index (χ0n) is 10.1. The van der Waals surface area contributed by atoms with Crippen LogP contribution in [0.2, 0.25) is 0 Å². The summed E-state index contributed by atoms with van der Waals surface area (Å²) in [4.78, 5) is 19.9. The molecule has 0 aliphatic heterocycles. The molecule has 2 rings (SSSR count). The van der Waals surface area contributed by atoms with Crippen LogP contribution >= 0.6 is 11.8 Å². The first-order valence-corrected chi connectivity index (χ1v) is 6.91. The van der Waals surface area contributed by atoms with Crippen LogP contribution in [0.15, 0.2) is 41.7 Å². The van der Waals surface area contributed by atoms with E-state index in [1.807, 2.05) is 30.5 Å². The van der Waals surface area contributed by atoms with Gasteiger partial charge in [0.2, 0.25) is 0 Å². The number of hydrogen-bond acceptors (Lipinski definition) is 3. The van der Waals surface area contributed by atoms with E-state index < -0.39 is 0 Å². The van der Waals surface area contributed by atoms with Gasteiger partial charge < -0.3 is 10.3 Å². The van der Waals surface area contributed by atoms with Crippen LogP contribution in [0.5, 0.6) is 0 Å². The summed E-state index contributed by atoms with van der Waals surface area (Å²) in [5.41, 5.74) is 1.71. The van der Waals surface area contributed by atoms with E-state index in [2.05, 4.69) is 15.3 Å². The maximum atomic E-state index is 11.8. The third kappa shape index (κ3) is 3.37. The zero-order valence-corrected chi connectivity index (χ0v) is 11.0. The van der Waals surface area contributed by atoms with Gasteiger partial charge in [0.25, 0.3) is 5.91 Å². The number of amides is 1. The van der Waals surface area contributed by atoms with Gasteiger partial charge in [-0.25, -0.2) is 4.98 Å². The highest BCUT2D eigenvalue weighted by Crippen LogP contribution is 2.14. The van der Waals surface area contributed by atoms with Gasteiger partial charge in [-0.05, 0) is 30.5 Å². The quantitative estimate of drug-likeness (QED) is 0.810. The minimum atomic E-state index is -0.0397. The van der Waals surface area contributed by atoms with Crippen LogP contribution in [0.3, 0.4) is 0 Å². The van der Waals surface area contributed by atoms with Gasteiger partial charge in [0.1, 0.15) is 0 Å². The second kappa shape index (κ2) is 6.26. The Kier molecular flexibility index (Phi) is 4.41. The number of H-pyrrole nitrogens is 1.